The molecule has 0 fully saturated rings. The number of benzene rings is 1. The molecule has 0 heterocycles. The van der Waals surface area contributed by atoms with Crippen LogP contribution in [0.1, 0.15) is 32.6 Å². The lowest BCUT2D eigenvalue weighted by molar-refractivity contribution is -0.146. The highest BCUT2D eigenvalue weighted by atomic mass is 35.5. The highest BCUT2D eigenvalue weighted by molar-refractivity contribution is 6.30. The SMILES string of the molecule is CCCCCCOC(=O)COc1ccc(Cl)cc1. The molecule has 0 spiro atoms. The molecule has 3 nitrogen and oxygen atoms in total. The van der Waals surface area contributed by atoms with Gasteiger partial charge in [-0.3, -0.25) is 0 Å². The van der Waals surface area contributed by atoms with Gasteiger partial charge in [-0.15, -0.1) is 0 Å². The molecular formula is C14H19ClO3. The van der Waals surface area contributed by atoms with Crippen molar-refractivity contribution in [1.82, 2.24) is 0 Å². The van der Waals surface area contributed by atoms with E-state index in [1.54, 1.807) is 24.3 Å². The zero-order valence-electron chi connectivity index (χ0n) is 10.7. The van der Waals surface area contributed by atoms with Crippen molar-refractivity contribution >= 4 is 17.6 Å². The largest absolute Gasteiger partial charge is 0.482 e. The van der Waals surface area contributed by atoms with Crippen LogP contribution >= 0.6 is 11.6 Å². The Bertz CT molecular complexity index is 349. The predicted molar refractivity (Wildman–Crippen MR) is 72.0 cm³/mol. The minimum Gasteiger partial charge on any atom is -0.482 e. The number of hydrogen-bond acceptors (Lipinski definition) is 3. The molecule has 0 bridgehead atoms. The summed E-state index contributed by atoms with van der Waals surface area (Å²) in [6.45, 7) is 2.56. The van der Waals surface area contributed by atoms with Gasteiger partial charge in [0, 0.05) is 5.02 Å². The zero-order valence-corrected chi connectivity index (χ0v) is 11.4. The Morgan fingerprint density at radius 2 is 1.89 bits per heavy atom. The Balaban J connectivity index is 2.11. The van der Waals surface area contributed by atoms with Crippen LogP contribution in [0, 0.1) is 0 Å². The van der Waals surface area contributed by atoms with Gasteiger partial charge >= 0.3 is 5.97 Å². The van der Waals surface area contributed by atoms with E-state index in [0.717, 1.165) is 12.8 Å². The van der Waals surface area contributed by atoms with E-state index < -0.39 is 0 Å². The molecule has 0 radical (unpaired) electrons. The van der Waals surface area contributed by atoms with Gasteiger partial charge in [0.2, 0.25) is 0 Å². The molecule has 0 aliphatic rings. The fourth-order valence-corrected chi connectivity index (χ4v) is 1.56. The molecule has 100 valence electrons. The van der Waals surface area contributed by atoms with Gasteiger partial charge in [0.15, 0.2) is 6.61 Å². The summed E-state index contributed by atoms with van der Waals surface area (Å²) in [5, 5.41) is 0.640. The second-order valence-electron chi connectivity index (χ2n) is 4.02. The number of esters is 1. The number of unbranched alkanes of at least 4 members (excludes halogenated alkanes) is 3. The zero-order chi connectivity index (χ0) is 13.2. The summed E-state index contributed by atoms with van der Waals surface area (Å²) >= 11 is 5.74. The molecule has 0 aromatic heterocycles. The van der Waals surface area contributed by atoms with Crippen molar-refractivity contribution in [1.29, 1.82) is 0 Å². The second kappa shape index (κ2) is 8.81. The third-order valence-corrected chi connectivity index (χ3v) is 2.68. The third kappa shape index (κ3) is 6.50. The monoisotopic (exact) mass is 270 g/mol. The van der Waals surface area contributed by atoms with Gasteiger partial charge < -0.3 is 9.47 Å². The molecule has 0 N–H and O–H groups in total. The Morgan fingerprint density at radius 3 is 2.56 bits per heavy atom. The lowest BCUT2D eigenvalue weighted by Gasteiger charge is -2.06. The van der Waals surface area contributed by atoms with E-state index in [9.17, 15) is 4.79 Å². The number of halogens is 1. The Labute approximate surface area is 113 Å². The normalized spacial score (nSPS) is 10.1. The lowest BCUT2D eigenvalue weighted by atomic mass is 10.2. The molecule has 4 heteroatoms. The van der Waals surface area contributed by atoms with Gasteiger partial charge in [-0.05, 0) is 30.7 Å². The van der Waals surface area contributed by atoms with Crippen molar-refractivity contribution in [2.24, 2.45) is 0 Å². The van der Waals surface area contributed by atoms with Crippen molar-refractivity contribution in [3.05, 3.63) is 29.3 Å². The van der Waals surface area contributed by atoms with Gasteiger partial charge in [0.25, 0.3) is 0 Å². The van der Waals surface area contributed by atoms with Gasteiger partial charge in [0.05, 0.1) is 6.61 Å². The van der Waals surface area contributed by atoms with E-state index >= 15 is 0 Å². The van der Waals surface area contributed by atoms with E-state index in [2.05, 4.69) is 6.92 Å². The molecule has 0 saturated carbocycles. The van der Waals surface area contributed by atoms with Crippen molar-refractivity contribution < 1.29 is 14.3 Å². The summed E-state index contributed by atoms with van der Waals surface area (Å²) in [5.41, 5.74) is 0. The molecule has 18 heavy (non-hydrogen) atoms. The lowest BCUT2D eigenvalue weighted by Crippen LogP contribution is -2.15. The molecule has 0 atom stereocenters. The van der Waals surface area contributed by atoms with Gasteiger partial charge in [-0.1, -0.05) is 37.8 Å². The first kappa shape index (κ1) is 14.8. The minimum atomic E-state index is -0.332. The maximum atomic E-state index is 11.3. The molecule has 0 aliphatic heterocycles. The van der Waals surface area contributed by atoms with E-state index in [1.165, 1.54) is 12.8 Å². The maximum absolute atomic E-state index is 11.3. The Kier molecular flexibility index (Phi) is 7.26. The van der Waals surface area contributed by atoms with Crippen LogP contribution in [0.3, 0.4) is 0 Å². The van der Waals surface area contributed by atoms with Crippen molar-refractivity contribution in [2.45, 2.75) is 32.6 Å². The highest BCUT2D eigenvalue weighted by Crippen LogP contribution is 2.15. The Hall–Kier alpha value is -1.22. The fraction of sp³-hybridized carbons (Fsp3) is 0.500. The van der Waals surface area contributed by atoms with E-state index in [-0.39, 0.29) is 12.6 Å². The van der Waals surface area contributed by atoms with E-state index in [0.29, 0.717) is 17.4 Å². The second-order valence-corrected chi connectivity index (χ2v) is 4.46. The van der Waals surface area contributed by atoms with Crippen molar-refractivity contribution in [3.63, 3.8) is 0 Å². The number of hydrogen-bond donors (Lipinski definition) is 0. The van der Waals surface area contributed by atoms with Crippen LogP contribution < -0.4 is 4.74 Å². The first-order valence-corrected chi connectivity index (χ1v) is 6.64. The Morgan fingerprint density at radius 1 is 1.17 bits per heavy atom. The molecule has 0 saturated heterocycles. The summed E-state index contributed by atoms with van der Waals surface area (Å²) < 4.78 is 10.3. The van der Waals surface area contributed by atoms with Crippen LogP contribution in [0.4, 0.5) is 0 Å². The summed E-state index contributed by atoms with van der Waals surface area (Å²) in [5.74, 6) is 0.281. The minimum absolute atomic E-state index is 0.0601. The van der Waals surface area contributed by atoms with E-state index in [4.69, 9.17) is 21.1 Å². The van der Waals surface area contributed by atoms with Crippen molar-refractivity contribution in [2.75, 3.05) is 13.2 Å². The summed E-state index contributed by atoms with van der Waals surface area (Å²) in [7, 11) is 0. The number of ether oxygens (including phenoxy) is 2. The van der Waals surface area contributed by atoms with Crippen LogP contribution in [-0.2, 0) is 9.53 Å². The number of carbonyl (C=O) groups is 1. The van der Waals surface area contributed by atoms with Gasteiger partial charge in [-0.2, -0.15) is 0 Å². The summed E-state index contributed by atoms with van der Waals surface area (Å²) in [6, 6.07) is 6.87. The average Bonchev–Trinajstić information content (AvgIpc) is 2.38. The van der Waals surface area contributed by atoms with E-state index in [1.807, 2.05) is 0 Å². The van der Waals surface area contributed by atoms with Gasteiger partial charge in [0.1, 0.15) is 5.75 Å². The van der Waals surface area contributed by atoms with Crippen LogP contribution in [0.25, 0.3) is 0 Å². The first-order chi connectivity index (χ1) is 8.72. The fourth-order valence-electron chi connectivity index (χ4n) is 1.43. The number of rotatable bonds is 8. The van der Waals surface area contributed by atoms with Crippen LogP contribution in [0.15, 0.2) is 24.3 Å². The highest BCUT2D eigenvalue weighted by Gasteiger charge is 2.03. The molecule has 0 unspecified atom stereocenters. The smallest absolute Gasteiger partial charge is 0.344 e. The molecule has 1 aromatic rings. The molecule has 1 aromatic carbocycles. The number of carbonyl (C=O) groups excluding carboxylic acids is 1. The first-order valence-electron chi connectivity index (χ1n) is 6.26. The summed E-state index contributed by atoms with van der Waals surface area (Å²) in [4.78, 5) is 11.3. The third-order valence-electron chi connectivity index (χ3n) is 2.43. The molecular weight excluding hydrogens is 252 g/mol. The summed E-state index contributed by atoms with van der Waals surface area (Å²) in [6.07, 6.45) is 4.37. The maximum Gasteiger partial charge on any atom is 0.344 e. The standard InChI is InChI=1S/C14H19ClO3/c1-2-3-4-5-10-17-14(16)11-18-13-8-6-12(15)7-9-13/h6-9H,2-5,10-11H2,1H3. The topological polar surface area (TPSA) is 35.5 Å². The van der Waals surface area contributed by atoms with Crippen LogP contribution in [0.5, 0.6) is 5.75 Å². The molecule has 0 amide bonds. The molecule has 1 rings (SSSR count). The van der Waals surface area contributed by atoms with Crippen LogP contribution in [-0.4, -0.2) is 19.2 Å². The van der Waals surface area contributed by atoms with Gasteiger partial charge in [-0.25, -0.2) is 4.79 Å². The molecule has 0 aliphatic carbocycles. The van der Waals surface area contributed by atoms with Crippen LogP contribution in [0.2, 0.25) is 5.02 Å². The quantitative estimate of drug-likeness (QED) is 0.532. The van der Waals surface area contributed by atoms with Crippen molar-refractivity contribution in [3.8, 4) is 5.75 Å². The predicted octanol–water partition coefficient (Wildman–Crippen LogP) is 3.84. The average molecular weight is 271 g/mol.